The van der Waals surface area contributed by atoms with E-state index in [4.69, 9.17) is 5.73 Å². The van der Waals surface area contributed by atoms with Crippen molar-refractivity contribution in [3.63, 3.8) is 0 Å². The van der Waals surface area contributed by atoms with E-state index in [1.807, 2.05) is 6.92 Å². The molecule has 1 saturated heterocycles. The minimum absolute atomic E-state index is 0.125. The molecule has 1 aromatic heterocycles. The molecule has 2 fully saturated rings. The van der Waals surface area contributed by atoms with E-state index in [-0.39, 0.29) is 23.6 Å². The quantitative estimate of drug-likeness (QED) is 0.739. The zero-order valence-corrected chi connectivity index (χ0v) is 12.2. The standard InChI is InChI=1S/C14H21N5O2/c1-8(7-19-6-2-3-10(19)20)16-14(21)13-11(15)12(17-18-13)9-4-5-9/h8-9H,2-7,15H2,1H3,(H,16,21)(H,17,18). The first-order valence-corrected chi connectivity index (χ1v) is 7.48. The smallest absolute Gasteiger partial charge is 0.274 e. The van der Waals surface area contributed by atoms with Crippen LogP contribution in [0.5, 0.6) is 0 Å². The summed E-state index contributed by atoms with van der Waals surface area (Å²) in [6, 6.07) is -0.125. The molecule has 2 heterocycles. The number of nitrogens with zero attached hydrogens (tertiary/aromatic N) is 2. The molecule has 0 bridgehead atoms. The molecule has 4 N–H and O–H groups in total. The van der Waals surface area contributed by atoms with E-state index < -0.39 is 0 Å². The SMILES string of the molecule is CC(CN1CCCC1=O)NC(=O)c1n[nH]c(C2CC2)c1N. The molecule has 7 heteroatoms. The molecule has 0 aromatic carbocycles. The zero-order valence-electron chi connectivity index (χ0n) is 12.2. The first kappa shape index (κ1) is 13.9. The van der Waals surface area contributed by atoms with Crippen molar-refractivity contribution in [2.45, 2.75) is 44.6 Å². The first-order chi connectivity index (χ1) is 10.1. The summed E-state index contributed by atoms with van der Waals surface area (Å²) in [7, 11) is 0. The van der Waals surface area contributed by atoms with E-state index in [2.05, 4.69) is 15.5 Å². The van der Waals surface area contributed by atoms with Crippen LogP contribution in [0.2, 0.25) is 0 Å². The van der Waals surface area contributed by atoms with Gasteiger partial charge in [-0.15, -0.1) is 0 Å². The summed E-state index contributed by atoms with van der Waals surface area (Å²) >= 11 is 0. The number of amides is 2. The third-order valence-corrected chi connectivity index (χ3v) is 4.08. The van der Waals surface area contributed by atoms with Gasteiger partial charge in [0.1, 0.15) is 0 Å². The average Bonchev–Trinajstić information content (AvgIpc) is 3.09. The van der Waals surface area contributed by atoms with Gasteiger partial charge in [0.15, 0.2) is 5.69 Å². The fourth-order valence-electron chi connectivity index (χ4n) is 2.79. The number of anilines is 1. The second kappa shape index (κ2) is 5.38. The van der Waals surface area contributed by atoms with Crippen molar-refractivity contribution in [3.05, 3.63) is 11.4 Å². The maximum absolute atomic E-state index is 12.2. The Labute approximate surface area is 123 Å². The van der Waals surface area contributed by atoms with Crippen molar-refractivity contribution in [1.29, 1.82) is 0 Å². The lowest BCUT2D eigenvalue weighted by Crippen LogP contribution is -2.42. The van der Waals surface area contributed by atoms with Gasteiger partial charge in [-0.1, -0.05) is 0 Å². The van der Waals surface area contributed by atoms with E-state index in [1.165, 1.54) is 0 Å². The molecule has 1 atom stereocenters. The Morgan fingerprint density at radius 1 is 1.57 bits per heavy atom. The van der Waals surface area contributed by atoms with Crippen LogP contribution in [-0.4, -0.2) is 46.0 Å². The number of carbonyl (C=O) groups excluding carboxylic acids is 2. The Bertz CT molecular complexity index is 564. The number of rotatable bonds is 5. The van der Waals surface area contributed by atoms with Crippen LogP contribution in [0.25, 0.3) is 0 Å². The minimum atomic E-state index is -0.283. The van der Waals surface area contributed by atoms with Crippen molar-refractivity contribution in [3.8, 4) is 0 Å². The fourth-order valence-corrected chi connectivity index (χ4v) is 2.79. The summed E-state index contributed by atoms with van der Waals surface area (Å²) in [5, 5.41) is 9.77. The van der Waals surface area contributed by atoms with E-state index >= 15 is 0 Å². The number of aromatic amines is 1. The van der Waals surface area contributed by atoms with Gasteiger partial charge >= 0.3 is 0 Å². The molecular weight excluding hydrogens is 270 g/mol. The second-order valence-corrected chi connectivity index (χ2v) is 5.99. The van der Waals surface area contributed by atoms with Crippen LogP contribution in [0.15, 0.2) is 0 Å². The lowest BCUT2D eigenvalue weighted by atomic mass is 10.2. The van der Waals surface area contributed by atoms with E-state index in [0.29, 0.717) is 24.6 Å². The van der Waals surface area contributed by atoms with Gasteiger partial charge in [-0.3, -0.25) is 14.7 Å². The molecule has 3 rings (SSSR count). The number of carbonyl (C=O) groups is 2. The molecule has 1 aliphatic carbocycles. The first-order valence-electron chi connectivity index (χ1n) is 7.48. The summed E-state index contributed by atoms with van der Waals surface area (Å²) in [5.41, 5.74) is 7.58. The predicted octanol–water partition coefficient (Wildman–Crippen LogP) is 0.610. The third-order valence-electron chi connectivity index (χ3n) is 4.08. The Hall–Kier alpha value is -2.05. The molecule has 2 amide bonds. The summed E-state index contributed by atoms with van der Waals surface area (Å²) in [6.07, 6.45) is 3.70. The lowest BCUT2D eigenvalue weighted by Gasteiger charge is -2.21. The molecule has 1 aliphatic heterocycles. The number of H-pyrrole nitrogens is 1. The molecule has 21 heavy (non-hydrogen) atoms. The topological polar surface area (TPSA) is 104 Å². The molecule has 1 saturated carbocycles. The number of hydrogen-bond acceptors (Lipinski definition) is 4. The fraction of sp³-hybridized carbons (Fsp3) is 0.643. The predicted molar refractivity (Wildman–Crippen MR) is 77.7 cm³/mol. The number of nitrogens with one attached hydrogen (secondary N) is 2. The number of hydrogen-bond donors (Lipinski definition) is 3. The van der Waals surface area contributed by atoms with E-state index in [1.54, 1.807) is 4.90 Å². The Morgan fingerprint density at radius 3 is 2.95 bits per heavy atom. The molecule has 1 unspecified atom stereocenters. The van der Waals surface area contributed by atoms with Crippen molar-refractivity contribution in [2.24, 2.45) is 0 Å². The number of likely N-dealkylation sites (tertiary alicyclic amines) is 1. The molecule has 114 valence electrons. The summed E-state index contributed by atoms with van der Waals surface area (Å²) in [6.45, 7) is 3.19. The van der Waals surface area contributed by atoms with Gasteiger partial charge in [0.25, 0.3) is 5.91 Å². The highest BCUT2D eigenvalue weighted by Gasteiger charge is 2.30. The lowest BCUT2D eigenvalue weighted by molar-refractivity contribution is -0.127. The van der Waals surface area contributed by atoms with Crippen molar-refractivity contribution in [2.75, 3.05) is 18.8 Å². The molecule has 1 aromatic rings. The molecule has 2 aliphatic rings. The van der Waals surface area contributed by atoms with Crippen molar-refractivity contribution < 1.29 is 9.59 Å². The highest BCUT2D eigenvalue weighted by atomic mass is 16.2. The highest BCUT2D eigenvalue weighted by Crippen LogP contribution is 2.42. The van der Waals surface area contributed by atoms with Gasteiger partial charge in [0.2, 0.25) is 5.91 Å². The van der Waals surface area contributed by atoms with Gasteiger partial charge in [-0.2, -0.15) is 5.10 Å². The largest absolute Gasteiger partial charge is 0.395 e. The molecule has 0 radical (unpaired) electrons. The van der Waals surface area contributed by atoms with Gasteiger partial charge in [0, 0.05) is 31.5 Å². The van der Waals surface area contributed by atoms with Crippen LogP contribution in [0.1, 0.15) is 54.7 Å². The molecule has 0 spiro atoms. The van der Waals surface area contributed by atoms with E-state index in [9.17, 15) is 9.59 Å². The number of aromatic nitrogens is 2. The van der Waals surface area contributed by atoms with Crippen LogP contribution in [0.3, 0.4) is 0 Å². The zero-order chi connectivity index (χ0) is 15.0. The molecule has 7 nitrogen and oxygen atoms in total. The normalized spacial score (nSPS) is 19.9. The maximum atomic E-state index is 12.2. The maximum Gasteiger partial charge on any atom is 0.274 e. The third kappa shape index (κ3) is 2.86. The monoisotopic (exact) mass is 291 g/mol. The van der Waals surface area contributed by atoms with Gasteiger partial charge < -0.3 is 16.0 Å². The summed E-state index contributed by atoms with van der Waals surface area (Å²) in [5.74, 6) is 0.305. The van der Waals surface area contributed by atoms with Crippen LogP contribution in [0, 0.1) is 0 Å². The Kier molecular flexibility index (Phi) is 3.57. The van der Waals surface area contributed by atoms with Crippen LogP contribution >= 0.6 is 0 Å². The number of nitrogens with two attached hydrogens (primary N) is 1. The van der Waals surface area contributed by atoms with E-state index in [0.717, 1.165) is 31.5 Å². The van der Waals surface area contributed by atoms with Gasteiger partial charge in [0.05, 0.1) is 11.4 Å². The van der Waals surface area contributed by atoms with Crippen LogP contribution in [-0.2, 0) is 4.79 Å². The van der Waals surface area contributed by atoms with Crippen LogP contribution in [0.4, 0.5) is 5.69 Å². The summed E-state index contributed by atoms with van der Waals surface area (Å²) < 4.78 is 0. The summed E-state index contributed by atoms with van der Waals surface area (Å²) in [4.78, 5) is 25.6. The van der Waals surface area contributed by atoms with Crippen molar-refractivity contribution in [1.82, 2.24) is 20.4 Å². The molecular formula is C14H21N5O2. The number of nitrogen functional groups attached to an aromatic ring is 1. The Morgan fingerprint density at radius 2 is 2.33 bits per heavy atom. The minimum Gasteiger partial charge on any atom is -0.395 e. The second-order valence-electron chi connectivity index (χ2n) is 5.99. The highest BCUT2D eigenvalue weighted by molar-refractivity contribution is 5.98. The van der Waals surface area contributed by atoms with Gasteiger partial charge in [-0.25, -0.2) is 0 Å². The van der Waals surface area contributed by atoms with Crippen molar-refractivity contribution >= 4 is 17.5 Å². The Balaban J connectivity index is 1.59. The average molecular weight is 291 g/mol. The van der Waals surface area contributed by atoms with Gasteiger partial charge in [-0.05, 0) is 26.2 Å². The van der Waals surface area contributed by atoms with Crippen LogP contribution < -0.4 is 11.1 Å².